The van der Waals surface area contributed by atoms with E-state index in [4.69, 9.17) is 0 Å². The summed E-state index contributed by atoms with van der Waals surface area (Å²) < 4.78 is 0. The zero-order valence-electron chi connectivity index (χ0n) is 19.4. The van der Waals surface area contributed by atoms with E-state index in [-0.39, 0.29) is 5.91 Å². The Hall–Kier alpha value is -1.65. The Labute approximate surface area is 182 Å². The zero-order valence-corrected chi connectivity index (χ0v) is 19.4. The number of allylic oxidation sites excluding steroid dienone is 1. The lowest BCUT2D eigenvalue weighted by molar-refractivity contribution is -0.0108. The fourth-order valence-electron chi connectivity index (χ4n) is 5.60. The van der Waals surface area contributed by atoms with Crippen LogP contribution in [0.2, 0.25) is 0 Å². The lowest BCUT2D eigenvalue weighted by Gasteiger charge is -2.57. The molecule has 4 aliphatic rings. The Kier molecular flexibility index (Phi) is 6.36. The molecule has 0 radical (unpaired) electrons. The second-order valence-corrected chi connectivity index (χ2v) is 10.2. The van der Waals surface area contributed by atoms with Gasteiger partial charge in [-0.1, -0.05) is 50.1 Å². The van der Waals surface area contributed by atoms with Crippen molar-refractivity contribution in [2.75, 3.05) is 52.4 Å². The van der Waals surface area contributed by atoms with Gasteiger partial charge in [-0.25, -0.2) is 0 Å². The Bertz CT molecular complexity index is 774. The maximum atomic E-state index is 12.7. The number of carbonyl (C=O) groups excluding carboxylic acids is 1. The largest absolute Gasteiger partial charge is 0.336 e. The normalized spacial score (nSPS) is 25.8. The molecule has 1 aliphatic heterocycles. The van der Waals surface area contributed by atoms with Crippen LogP contribution in [-0.4, -0.2) is 73.0 Å². The molecule has 2 fully saturated rings. The molecule has 1 heterocycles. The van der Waals surface area contributed by atoms with Gasteiger partial charge in [-0.15, -0.1) is 0 Å². The molecule has 1 aromatic carbocycles. The highest BCUT2D eigenvalue weighted by atomic mass is 16.2. The van der Waals surface area contributed by atoms with Gasteiger partial charge in [0.1, 0.15) is 0 Å². The summed E-state index contributed by atoms with van der Waals surface area (Å²) in [5.41, 5.74) is 4.22. The average molecular weight is 410 g/mol. The monoisotopic (exact) mass is 409 g/mol. The van der Waals surface area contributed by atoms with Crippen LogP contribution in [-0.2, 0) is 0 Å². The lowest BCUT2D eigenvalue weighted by Crippen LogP contribution is -2.51. The van der Waals surface area contributed by atoms with Gasteiger partial charge in [0.25, 0.3) is 5.91 Å². The van der Waals surface area contributed by atoms with Crippen LogP contribution in [0.1, 0.15) is 49.5 Å². The first kappa shape index (κ1) is 21.6. The Balaban J connectivity index is 1.22. The standard InChI is InChI=1S/C26H39N3O/c1-5-27(19-22-10-11-23-18-24(22)26(23,3)4)12-13-28-14-16-29(17-15-28)25(30)21-8-6-20(2)7-9-21/h6-10,23-24H,5,11-19H2,1-4H3. The van der Waals surface area contributed by atoms with Gasteiger partial charge in [0, 0.05) is 51.4 Å². The van der Waals surface area contributed by atoms with Gasteiger partial charge in [-0.3, -0.25) is 14.6 Å². The van der Waals surface area contributed by atoms with Crippen LogP contribution in [0.25, 0.3) is 0 Å². The van der Waals surface area contributed by atoms with Crippen LogP contribution in [0.4, 0.5) is 0 Å². The van der Waals surface area contributed by atoms with Crippen molar-refractivity contribution in [3.05, 3.63) is 47.0 Å². The summed E-state index contributed by atoms with van der Waals surface area (Å²) in [4.78, 5) is 19.9. The van der Waals surface area contributed by atoms with E-state index >= 15 is 0 Å². The maximum absolute atomic E-state index is 12.7. The van der Waals surface area contributed by atoms with Crippen molar-refractivity contribution < 1.29 is 4.79 Å². The molecule has 164 valence electrons. The summed E-state index contributed by atoms with van der Waals surface area (Å²) >= 11 is 0. The second-order valence-electron chi connectivity index (χ2n) is 10.2. The first-order valence-corrected chi connectivity index (χ1v) is 11.9. The predicted molar refractivity (Wildman–Crippen MR) is 124 cm³/mol. The highest BCUT2D eigenvalue weighted by Gasteiger charge is 2.51. The Morgan fingerprint density at radius 2 is 1.83 bits per heavy atom. The van der Waals surface area contributed by atoms with Crippen molar-refractivity contribution in [2.24, 2.45) is 17.3 Å². The number of hydrogen-bond donors (Lipinski definition) is 0. The first-order chi connectivity index (χ1) is 14.4. The van der Waals surface area contributed by atoms with E-state index in [0.29, 0.717) is 5.41 Å². The van der Waals surface area contributed by atoms with E-state index in [1.807, 2.05) is 29.2 Å². The molecule has 4 nitrogen and oxygen atoms in total. The predicted octanol–water partition coefficient (Wildman–Crippen LogP) is 4.07. The van der Waals surface area contributed by atoms with Crippen molar-refractivity contribution in [1.29, 1.82) is 0 Å². The number of aryl methyl sites for hydroxylation is 1. The van der Waals surface area contributed by atoms with Gasteiger partial charge in [0.2, 0.25) is 0 Å². The van der Waals surface area contributed by atoms with Crippen LogP contribution in [0.5, 0.6) is 0 Å². The molecule has 3 aliphatic carbocycles. The van der Waals surface area contributed by atoms with Crippen LogP contribution >= 0.6 is 0 Å². The Morgan fingerprint density at radius 1 is 1.13 bits per heavy atom. The molecule has 0 aromatic heterocycles. The summed E-state index contributed by atoms with van der Waals surface area (Å²) in [6.45, 7) is 17.4. The van der Waals surface area contributed by atoms with Crippen LogP contribution in [0.15, 0.2) is 35.9 Å². The lowest BCUT2D eigenvalue weighted by atomic mass is 9.49. The van der Waals surface area contributed by atoms with Crippen molar-refractivity contribution in [1.82, 2.24) is 14.7 Å². The van der Waals surface area contributed by atoms with Gasteiger partial charge in [-0.05, 0) is 55.7 Å². The minimum Gasteiger partial charge on any atom is -0.336 e. The summed E-state index contributed by atoms with van der Waals surface area (Å²) in [5, 5.41) is 0. The number of likely N-dealkylation sites (N-methyl/N-ethyl adjacent to an activating group) is 1. The molecule has 30 heavy (non-hydrogen) atoms. The van der Waals surface area contributed by atoms with Gasteiger partial charge in [0.15, 0.2) is 0 Å². The number of hydrogen-bond acceptors (Lipinski definition) is 3. The molecule has 4 heteroatoms. The molecule has 1 saturated heterocycles. The molecule has 1 aromatic rings. The molecule has 0 N–H and O–H groups in total. The molecule has 2 bridgehead atoms. The summed E-state index contributed by atoms with van der Waals surface area (Å²) in [6.07, 6.45) is 5.24. The summed E-state index contributed by atoms with van der Waals surface area (Å²) in [6, 6.07) is 7.95. The van der Waals surface area contributed by atoms with E-state index in [9.17, 15) is 4.79 Å². The number of nitrogens with zero attached hydrogens (tertiary/aromatic N) is 3. The van der Waals surface area contributed by atoms with Crippen LogP contribution in [0.3, 0.4) is 0 Å². The SMILES string of the molecule is CCN(CCN1CCN(C(=O)c2ccc(C)cc2)CC1)CC1=CCC2CC1C2(C)C. The van der Waals surface area contributed by atoms with E-state index in [1.54, 1.807) is 5.57 Å². The van der Waals surface area contributed by atoms with E-state index in [1.165, 1.54) is 18.4 Å². The minimum absolute atomic E-state index is 0.176. The smallest absolute Gasteiger partial charge is 0.253 e. The molecule has 5 rings (SSSR count). The first-order valence-electron chi connectivity index (χ1n) is 11.9. The third kappa shape index (κ3) is 4.36. The highest BCUT2D eigenvalue weighted by molar-refractivity contribution is 5.94. The minimum atomic E-state index is 0.176. The average Bonchev–Trinajstić information content (AvgIpc) is 2.77. The molecule has 1 saturated carbocycles. The van der Waals surface area contributed by atoms with E-state index in [2.05, 4.69) is 43.6 Å². The molecule has 1 amide bonds. The topological polar surface area (TPSA) is 26.8 Å². The summed E-state index contributed by atoms with van der Waals surface area (Å²) in [5.74, 6) is 1.90. The van der Waals surface area contributed by atoms with E-state index in [0.717, 1.165) is 69.8 Å². The quantitative estimate of drug-likeness (QED) is 0.635. The summed E-state index contributed by atoms with van der Waals surface area (Å²) in [7, 11) is 0. The molecular weight excluding hydrogens is 370 g/mol. The molecule has 2 unspecified atom stereocenters. The van der Waals surface area contributed by atoms with Crippen LogP contribution in [0, 0.1) is 24.2 Å². The van der Waals surface area contributed by atoms with Crippen molar-refractivity contribution >= 4 is 5.91 Å². The van der Waals surface area contributed by atoms with Gasteiger partial charge < -0.3 is 4.90 Å². The van der Waals surface area contributed by atoms with Gasteiger partial charge >= 0.3 is 0 Å². The fourth-order valence-corrected chi connectivity index (χ4v) is 5.60. The molecule has 2 atom stereocenters. The van der Waals surface area contributed by atoms with Crippen molar-refractivity contribution in [3.8, 4) is 0 Å². The third-order valence-electron chi connectivity index (χ3n) is 8.13. The number of piperazine rings is 1. The molecule has 0 spiro atoms. The Morgan fingerprint density at radius 3 is 2.43 bits per heavy atom. The highest BCUT2D eigenvalue weighted by Crippen LogP contribution is 2.59. The van der Waals surface area contributed by atoms with E-state index < -0.39 is 0 Å². The van der Waals surface area contributed by atoms with Crippen molar-refractivity contribution in [2.45, 2.75) is 40.5 Å². The number of carbonyl (C=O) groups is 1. The number of benzene rings is 1. The third-order valence-corrected chi connectivity index (χ3v) is 8.13. The second kappa shape index (κ2) is 8.84. The maximum Gasteiger partial charge on any atom is 0.253 e. The van der Waals surface area contributed by atoms with Crippen molar-refractivity contribution in [3.63, 3.8) is 0 Å². The number of fused-ring (bicyclic) bond motifs is 1. The van der Waals surface area contributed by atoms with Crippen LogP contribution < -0.4 is 0 Å². The zero-order chi connectivity index (χ0) is 21.3. The fraction of sp³-hybridized carbons (Fsp3) is 0.654. The number of amides is 1. The number of rotatable bonds is 7. The van der Waals surface area contributed by atoms with Gasteiger partial charge in [0.05, 0.1) is 0 Å². The molecular formula is C26H39N3O. The van der Waals surface area contributed by atoms with Gasteiger partial charge in [-0.2, -0.15) is 0 Å².